The SMILES string of the molecule is C=CCn1c(=O)n(C2O[C@H](COC(=O)C(N)C(C)C)[C@@H](O)[C@H]2O)c2nc(N)[nH]c(=O)c21. The predicted molar refractivity (Wildman–Crippen MR) is 109 cm³/mol. The first-order chi connectivity index (χ1) is 14.6. The molecule has 2 unspecified atom stereocenters. The van der Waals surface area contributed by atoms with Crippen LogP contribution in [0.5, 0.6) is 0 Å². The number of nitrogen functional groups attached to an aromatic ring is 1. The molecule has 3 rings (SSSR count). The minimum absolute atomic E-state index is 0.0173. The van der Waals surface area contributed by atoms with Crippen molar-refractivity contribution in [1.82, 2.24) is 19.1 Å². The van der Waals surface area contributed by atoms with Crippen molar-refractivity contribution in [3.8, 4) is 0 Å². The van der Waals surface area contributed by atoms with Crippen molar-refractivity contribution in [2.75, 3.05) is 12.3 Å². The van der Waals surface area contributed by atoms with Crippen molar-refractivity contribution in [2.24, 2.45) is 11.7 Å². The van der Waals surface area contributed by atoms with Crippen molar-refractivity contribution >= 4 is 23.1 Å². The van der Waals surface area contributed by atoms with Crippen molar-refractivity contribution in [3.05, 3.63) is 33.5 Å². The molecule has 2 aromatic heterocycles. The van der Waals surface area contributed by atoms with Gasteiger partial charge in [0.1, 0.15) is 31.0 Å². The molecule has 1 fully saturated rings. The largest absolute Gasteiger partial charge is 0.462 e. The summed E-state index contributed by atoms with van der Waals surface area (Å²) in [7, 11) is 0. The van der Waals surface area contributed by atoms with Gasteiger partial charge in [-0.1, -0.05) is 19.9 Å². The van der Waals surface area contributed by atoms with Crippen molar-refractivity contribution in [1.29, 1.82) is 0 Å². The number of anilines is 1. The molecule has 7 N–H and O–H groups in total. The Morgan fingerprint density at radius 1 is 1.39 bits per heavy atom. The van der Waals surface area contributed by atoms with Gasteiger partial charge in [-0.05, 0) is 5.92 Å². The zero-order chi connectivity index (χ0) is 23.0. The Labute approximate surface area is 175 Å². The van der Waals surface area contributed by atoms with Crippen molar-refractivity contribution in [2.45, 2.75) is 51.0 Å². The summed E-state index contributed by atoms with van der Waals surface area (Å²) in [6.45, 7) is 6.64. The highest BCUT2D eigenvalue weighted by molar-refractivity contribution is 5.75. The van der Waals surface area contributed by atoms with Gasteiger partial charge >= 0.3 is 11.7 Å². The molecule has 2 aromatic rings. The summed E-state index contributed by atoms with van der Waals surface area (Å²) >= 11 is 0. The van der Waals surface area contributed by atoms with Gasteiger partial charge in [-0.3, -0.25) is 19.1 Å². The predicted octanol–water partition coefficient (Wildman–Crippen LogP) is -2.20. The van der Waals surface area contributed by atoms with Gasteiger partial charge in [0.2, 0.25) is 5.95 Å². The second kappa shape index (κ2) is 8.63. The molecule has 1 saturated heterocycles. The van der Waals surface area contributed by atoms with E-state index in [2.05, 4.69) is 16.5 Å². The highest BCUT2D eigenvalue weighted by atomic mass is 16.6. The lowest BCUT2D eigenvalue weighted by Crippen LogP contribution is -2.40. The summed E-state index contributed by atoms with van der Waals surface area (Å²) in [4.78, 5) is 43.7. The lowest BCUT2D eigenvalue weighted by molar-refractivity contribution is -0.152. The number of nitrogens with zero attached hydrogens (tertiary/aromatic N) is 3. The highest BCUT2D eigenvalue weighted by Crippen LogP contribution is 2.30. The summed E-state index contributed by atoms with van der Waals surface area (Å²) in [5.41, 5.74) is 9.72. The Morgan fingerprint density at radius 3 is 2.68 bits per heavy atom. The molecular weight excluding hydrogens is 412 g/mol. The summed E-state index contributed by atoms with van der Waals surface area (Å²) in [6.07, 6.45) is -4.22. The van der Waals surface area contributed by atoms with E-state index in [9.17, 15) is 24.6 Å². The molecule has 0 saturated carbocycles. The van der Waals surface area contributed by atoms with Crippen LogP contribution in [0.4, 0.5) is 5.95 Å². The molecule has 31 heavy (non-hydrogen) atoms. The molecule has 0 aromatic carbocycles. The number of rotatable bonds is 7. The summed E-state index contributed by atoms with van der Waals surface area (Å²) in [6, 6.07) is -0.863. The van der Waals surface area contributed by atoms with Crippen LogP contribution in [0.2, 0.25) is 0 Å². The third-order valence-electron chi connectivity index (χ3n) is 5.11. The van der Waals surface area contributed by atoms with Gasteiger partial charge < -0.3 is 31.2 Å². The van der Waals surface area contributed by atoms with Gasteiger partial charge in [0.05, 0.1) is 0 Å². The van der Waals surface area contributed by atoms with E-state index in [1.165, 1.54) is 6.08 Å². The minimum atomic E-state index is -1.58. The van der Waals surface area contributed by atoms with Gasteiger partial charge in [-0.25, -0.2) is 9.36 Å². The zero-order valence-corrected chi connectivity index (χ0v) is 17.1. The standard InChI is InChI=1S/C18H26N6O7/c1-4-5-23-10-13(21-17(20)22-14(10)27)24(18(23)29)15-12(26)11(25)8(31-15)6-30-16(28)9(19)7(2)3/h4,7-9,11-12,15,25-26H,1,5-6,19H2,2-3H3,(H3,20,21,22,27)/t8-,9?,11-,12-,15?/m1/s1. The van der Waals surface area contributed by atoms with Crippen LogP contribution in [0.15, 0.2) is 22.2 Å². The number of aliphatic hydroxyl groups excluding tert-OH is 2. The van der Waals surface area contributed by atoms with E-state index >= 15 is 0 Å². The van der Waals surface area contributed by atoms with Crippen LogP contribution in [-0.2, 0) is 20.8 Å². The Kier molecular flexibility index (Phi) is 6.31. The van der Waals surface area contributed by atoms with Crippen LogP contribution in [0, 0.1) is 5.92 Å². The second-order valence-electron chi connectivity index (χ2n) is 7.62. The first-order valence-corrected chi connectivity index (χ1v) is 9.63. The number of hydrogen-bond acceptors (Lipinski definition) is 10. The Balaban J connectivity index is 1.95. The first-order valence-electron chi connectivity index (χ1n) is 9.63. The maximum atomic E-state index is 13.0. The lowest BCUT2D eigenvalue weighted by atomic mass is 10.1. The number of aromatic nitrogens is 4. The number of ether oxygens (including phenoxy) is 2. The minimum Gasteiger partial charge on any atom is -0.462 e. The number of carbonyl (C=O) groups is 1. The smallest absolute Gasteiger partial charge is 0.333 e. The first kappa shape index (κ1) is 22.7. The summed E-state index contributed by atoms with van der Waals surface area (Å²) in [5.74, 6) is -1.10. The molecule has 3 heterocycles. The molecule has 5 atom stereocenters. The molecule has 0 radical (unpaired) electrons. The summed E-state index contributed by atoms with van der Waals surface area (Å²) in [5, 5.41) is 20.9. The summed E-state index contributed by atoms with van der Waals surface area (Å²) < 4.78 is 12.7. The maximum absolute atomic E-state index is 13.0. The molecule has 1 aliphatic heterocycles. The van der Waals surface area contributed by atoms with Crippen LogP contribution in [0.3, 0.4) is 0 Å². The Hall–Kier alpha value is -3.00. The van der Waals surface area contributed by atoms with E-state index < -0.39 is 54.4 Å². The molecule has 1 aliphatic rings. The molecule has 0 aliphatic carbocycles. The third-order valence-corrected chi connectivity index (χ3v) is 5.11. The number of esters is 1. The van der Waals surface area contributed by atoms with Crippen LogP contribution in [0.25, 0.3) is 11.2 Å². The number of fused-ring (bicyclic) bond motifs is 1. The highest BCUT2D eigenvalue weighted by Gasteiger charge is 2.46. The lowest BCUT2D eigenvalue weighted by Gasteiger charge is -2.18. The van der Waals surface area contributed by atoms with E-state index in [0.29, 0.717) is 0 Å². The van der Waals surface area contributed by atoms with E-state index in [-0.39, 0.29) is 29.6 Å². The van der Waals surface area contributed by atoms with E-state index in [1.807, 2.05) is 0 Å². The van der Waals surface area contributed by atoms with Crippen LogP contribution < -0.4 is 22.7 Å². The molecule has 0 amide bonds. The quantitative estimate of drug-likeness (QED) is 0.233. The normalized spacial score (nSPS) is 24.6. The fourth-order valence-corrected chi connectivity index (χ4v) is 3.34. The molecule has 0 spiro atoms. The van der Waals surface area contributed by atoms with Gasteiger partial charge in [0, 0.05) is 6.54 Å². The van der Waals surface area contributed by atoms with Gasteiger partial charge in [-0.2, -0.15) is 4.98 Å². The molecule has 0 bridgehead atoms. The number of aliphatic hydroxyl groups is 2. The Bertz CT molecular complexity index is 1100. The molecule has 170 valence electrons. The van der Waals surface area contributed by atoms with Crippen LogP contribution in [-0.4, -0.2) is 66.2 Å². The van der Waals surface area contributed by atoms with Gasteiger partial charge in [0.15, 0.2) is 17.4 Å². The topological polar surface area (TPSA) is 201 Å². The fraction of sp³-hybridized carbons (Fsp3) is 0.556. The Morgan fingerprint density at radius 2 is 2.06 bits per heavy atom. The number of imidazole rings is 1. The second-order valence-corrected chi connectivity index (χ2v) is 7.62. The van der Waals surface area contributed by atoms with E-state index in [4.69, 9.17) is 20.9 Å². The van der Waals surface area contributed by atoms with Crippen molar-refractivity contribution < 1.29 is 24.5 Å². The van der Waals surface area contributed by atoms with Gasteiger partial charge in [0.25, 0.3) is 5.56 Å². The molecular formula is C18H26N6O7. The average molecular weight is 438 g/mol. The number of carbonyl (C=O) groups excluding carboxylic acids is 1. The fourth-order valence-electron chi connectivity index (χ4n) is 3.34. The average Bonchev–Trinajstić information content (AvgIpc) is 3.13. The molecule has 13 heteroatoms. The number of H-pyrrole nitrogens is 1. The maximum Gasteiger partial charge on any atom is 0.333 e. The van der Waals surface area contributed by atoms with Crippen LogP contribution >= 0.6 is 0 Å². The number of hydrogen-bond donors (Lipinski definition) is 5. The van der Waals surface area contributed by atoms with Crippen molar-refractivity contribution in [3.63, 3.8) is 0 Å². The van der Waals surface area contributed by atoms with Gasteiger partial charge in [-0.15, -0.1) is 6.58 Å². The van der Waals surface area contributed by atoms with E-state index in [0.717, 1.165) is 9.13 Å². The van der Waals surface area contributed by atoms with Crippen LogP contribution in [0.1, 0.15) is 20.1 Å². The number of nitrogens with two attached hydrogens (primary N) is 2. The monoisotopic (exact) mass is 438 g/mol. The molecule has 13 nitrogen and oxygen atoms in total. The van der Waals surface area contributed by atoms with E-state index in [1.54, 1.807) is 13.8 Å². The number of allylic oxidation sites excluding steroid dienone is 1. The third kappa shape index (κ3) is 3.99. The zero-order valence-electron chi connectivity index (χ0n) is 17.1. The number of nitrogens with one attached hydrogen (secondary N) is 1. The number of aromatic amines is 1.